The van der Waals surface area contributed by atoms with Crippen molar-refractivity contribution in [3.05, 3.63) is 16.1 Å². The minimum absolute atomic E-state index is 0.683. The third-order valence-electron chi connectivity index (χ3n) is 2.43. The van der Waals surface area contributed by atoms with E-state index in [1.54, 1.807) is 18.4 Å². The second kappa shape index (κ2) is 9.75. The number of thiazole rings is 1. The Kier molecular flexibility index (Phi) is 8.16. The molecule has 0 atom stereocenters. The normalized spacial score (nSPS) is 11.6. The number of hydrogen-bond donors (Lipinski definition) is 2. The van der Waals surface area contributed by atoms with Crippen LogP contribution in [0.1, 0.15) is 24.0 Å². The van der Waals surface area contributed by atoms with Crippen LogP contribution in [0.4, 0.5) is 0 Å². The number of ether oxygens (including phenoxy) is 1. The highest BCUT2D eigenvalue weighted by Gasteiger charge is 1.99. The molecule has 0 aliphatic heterocycles. The maximum absolute atomic E-state index is 5.00. The molecule has 6 heteroatoms. The highest BCUT2D eigenvalue weighted by molar-refractivity contribution is 7.09. The molecule has 0 spiro atoms. The Morgan fingerprint density at radius 3 is 2.95 bits per heavy atom. The van der Waals surface area contributed by atoms with Crippen molar-refractivity contribution < 1.29 is 4.74 Å². The summed E-state index contributed by atoms with van der Waals surface area (Å²) in [6, 6.07) is 0. The molecule has 0 aromatic carbocycles. The van der Waals surface area contributed by atoms with Gasteiger partial charge in [0.05, 0.1) is 11.6 Å². The smallest absolute Gasteiger partial charge is 0.191 e. The lowest BCUT2D eigenvalue weighted by Crippen LogP contribution is -2.39. The number of guanidine groups is 1. The van der Waals surface area contributed by atoms with Gasteiger partial charge in [-0.1, -0.05) is 0 Å². The van der Waals surface area contributed by atoms with Crippen LogP contribution in [0, 0.1) is 6.92 Å². The predicted molar refractivity (Wildman–Crippen MR) is 81.0 cm³/mol. The standard InChI is InChI=1S/C13H24N4OS/c1-4-14-13(16-8-9-18-3)15-7-5-6-12-17-11(2)10-19-12/h10H,4-9H2,1-3H3,(H2,14,15,16). The third kappa shape index (κ3) is 7.12. The van der Waals surface area contributed by atoms with Gasteiger partial charge in [-0.15, -0.1) is 11.3 Å². The van der Waals surface area contributed by atoms with Crippen molar-refractivity contribution in [3.63, 3.8) is 0 Å². The summed E-state index contributed by atoms with van der Waals surface area (Å²) in [5.41, 5.74) is 1.11. The molecule has 108 valence electrons. The van der Waals surface area contributed by atoms with Gasteiger partial charge in [-0.2, -0.15) is 0 Å². The zero-order valence-corrected chi connectivity index (χ0v) is 12.8. The van der Waals surface area contributed by atoms with Crippen LogP contribution < -0.4 is 10.6 Å². The largest absolute Gasteiger partial charge is 0.383 e. The summed E-state index contributed by atoms with van der Waals surface area (Å²) in [6.07, 6.45) is 2.02. The summed E-state index contributed by atoms with van der Waals surface area (Å²) >= 11 is 1.73. The van der Waals surface area contributed by atoms with Gasteiger partial charge in [0.25, 0.3) is 0 Å². The van der Waals surface area contributed by atoms with Gasteiger partial charge in [-0.05, 0) is 20.3 Å². The van der Waals surface area contributed by atoms with E-state index in [1.807, 2.05) is 6.92 Å². The van der Waals surface area contributed by atoms with Crippen LogP contribution in [0.5, 0.6) is 0 Å². The molecule has 0 saturated heterocycles. The van der Waals surface area contributed by atoms with E-state index in [1.165, 1.54) is 5.01 Å². The molecule has 0 amide bonds. The van der Waals surface area contributed by atoms with Crippen molar-refractivity contribution in [2.75, 3.05) is 33.4 Å². The topological polar surface area (TPSA) is 58.5 Å². The zero-order valence-electron chi connectivity index (χ0n) is 12.0. The van der Waals surface area contributed by atoms with Crippen molar-refractivity contribution in [1.82, 2.24) is 15.6 Å². The molecule has 0 radical (unpaired) electrons. The van der Waals surface area contributed by atoms with Crippen LogP contribution in [0.3, 0.4) is 0 Å². The van der Waals surface area contributed by atoms with Gasteiger partial charge in [0.2, 0.25) is 0 Å². The Morgan fingerprint density at radius 1 is 1.47 bits per heavy atom. The van der Waals surface area contributed by atoms with Gasteiger partial charge < -0.3 is 15.4 Å². The van der Waals surface area contributed by atoms with Gasteiger partial charge in [0.15, 0.2) is 5.96 Å². The van der Waals surface area contributed by atoms with Crippen LogP contribution in [0.15, 0.2) is 10.4 Å². The summed E-state index contributed by atoms with van der Waals surface area (Å²) in [6.45, 7) is 7.22. The second-order valence-corrected chi connectivity index (χ2v) is 5.11. The van der Waals surface area contributed by atoms with Crippen LogP contribution in [-0.2, 0) is 11.2 Å². The number of nitrogens with one attached hydrogen (secondary N) is 2. The van der Waals surface area contributed by atoms with E-state index in [0.29, 0.717) is 6.61 Å². The van der Waals surface area contributed by atoms with Gasteiger partial charge in [-0.25, -0.2) is 4.98 Å². The monoisotopic (exact) mass is 284 g/mol. The fourth-order valence-electron chi connectivity index (χ4n) is 1.55. The molecular weight excluding hydrogens is 260 g/mol. The van der Waals surface area contributed by atoms with Gasteiger partial charge in [0, 0.05) is 44.2 Å². The summed E-state index contributed by atoms with van der Waals surface area (Å²) in [4.78, 5) is 8.97. The van der Waals surface area contributed by atoms with Crippen molar-refractivity contribution in [1.29, 1.82) is 0 Å². The highest BCUT2D eigenvalue weighted by atomic mass is 32.1. The summed E-state index contributed by atoms with van der Waals surface area (Å²) in [5.74, 6) is 0.856. The Balaban J connectivity index is 2.25. The first kappa shape index (κ1) is 15.9. The van der Waals surface area contributed by atoms with E-state index in [-0.39, 0.29) is 0 Å². The molecule has 2 N–H and O–H groups in total. The lowest BCUT2D eigenvalue weighted by Gasteiger charge is -2.10. The average molecular weight is 284 g/mol. The maximum atomic E-state index is 5.00. The molecule has 0 unspecified atom stereocenters. The summed E-state index contributed by atoms with van der Waals surface area (Å²) in [5, 5.41) is 9.73. The van der Waals surface area contributed by atoms with E-state index in [9.17, 15) is 0 Å². The number of nitrogens with zero attached hydrogens (tertiary/aromatic N) is 2. The van der Waals surface area contributed by atoms with Crippen molar-refractivity contribution in [2.24, 2.45) is 4.99 Å². The zero-order chi connectivity index (χ0) is 13.9. The summed E-state index contributed by atoms with van der Waals surface area (Å²) in [7, 11) is 1.70. The van der Waals surface area contributed by atoms with Gasteiger partial charge >= 0.3 is 0 Å². The maximum Gasteiger partial charge on any atom is 0.191 e. The Labute approximate surface area is 119 Å². The van der Waals surface area contributed by atoms with Crippen molar-refractivity contribution >= 4 is 17.3 Å². The van der Waals surface area contributed by atoms with Crippen molar-refractivity contribution in [3.8, 4) is 0 Å². The third-order valence-corrected chi connectivity index (χ3v) is 3.45. The average Bonchev–Trinajstić information content (AvgIpc) is 2.80. The van der Waals surface area contributed by atoms with Crippen molar-refractivity contribution in [2.45, 2.75) is 26.7 Å². The molecule has 0 aliphatic carbocycles. The predicted octanol–water partition coefficient (Wildman–Crippen LogP) is 1.59. The molecule has 5 nitrogen and oxygen atoms in total. The van der Waals surface area contributed by atoms with Gasteiger partial charge in [0.1, 0.15) is 0 Å². The molecule has 19 heavy (non-hydrogen) atoms. The Morgan fingerprint density at radius 2 is 2.32 bits per heavy atom. The fourth-order valence-corrected chi connectivity index (χ4v) is 2.37. The number of aryl methyl sites for hydroxylation is 2. The molecular formula is C13H24N4OS. The Hall–Kier alpha value is -1.14. The first-order valence-corrected chi connectivity index (χ1v) is 7.56. The summed E-state index contributed by atoms with van der Waals surface area (Å²) < 4.78 is 5.00. The van der Waals surface area contributed by atoms with Crippen LogP contribution >= 0.6 is 11.3 Å². The molecule has 0 fully saturated rings. The Bertz CT molecular complexity index is 378. The molecule has 0 saturated carbocycles. The van der Waals surface area contributed by atoms with Crippen LogP contribution in [-0.4, -0.2) is 44.3 Å². The van der Waals surface area contributed by atoms with Gasteiger partial charge in [-0.3, -0.25) is 4.99 Å². The van der Waals surface area contributed by atoms with Crippen LogP contribution in [0.25, 0.3) is 0 Å². The SMILES string of the molecule is CCNC(=NCCCc1nc(C)cs1)NCCOC. The number of rotatable bonds is 8. The van der Waals surface area contributed by atoms with E-state index in [4.69, 9.17) is 4.74 Å². The molecule has 0 aliphatic rings. The number of methoxy groups -OCH3 is 1. The lowest BCUT2D eigenvalue weighted by atomic mass is 10.3. The molecule has 0 bridgehead atoms. The van der Waals surface area contributed by atoms with Crippen LogP contribution in [0.2, 0.25) is 0 Å². The number of aromatic nitrogens is 1. The molecule has 1 heterocycles. The van der Waals surface area contributed by atoms with E-state index >= 15 is 0 Å². The second-order valence-electron chi connectivity index (χ2n) is 4.17. The van der Waals surface area contributed by atoms with E-state index in [2.05, 4.69) is 32.9 Å². The highest BCUT2D eigenvalue weighted by Crippen LogP contribution is 2.10. The lowest BCUT2D eigenvalue weighted by molar-refractivity contribution is 0.203. The molecule has 1 aromatic rings. The number of aliphatic imine (C=N–C) groups is 1. The molecule has 1 aromatic heterocycles. The number of hydrogen-bond acceptors (Lipinski definition) is 4. The first-order valence-electron chi connectivity index (χ1n) is 6.68. The quantitative estimate of drug-likeness (QED) is 0.432. The minimum atomic E-state index is 0.683. The molecule has 1 rings (SSSR count). The van der Waals surface area contributed by atoms with E-state index in [0.717, 1.165) is 44.1 Å². The fraction of sp³-hybridized carbons (Fsp3) is 0.692. The van der Waals surface area contributed by atoms with E-state index < -0.39 is 0 Å². The minimum Gasteiger partial charge on any atom is -0.383 e. The first-order chi connectivity index (χ1) is 9.26.